The summed E-state index contributed by atoms with van der Waals surface area (Å²) >= 11 is 0. The molecule has 2 aromatic rings. The average Bonchev–Trinajstić information content (AvgIpc) is 2.87. The van der Waals surface area contributed by atoms with Crippen molar-refractivity contribution in [3.63, 3.8) is 0 Å². The molecular weight excluding hydrogens is 384 g/mol. The Morgan fingerprint density at radius 2 is 1.48 bits per heavy atom. The van der Waals surface area contributed by atoms with Crippen molar-refractivity contribution in [3.05, 3.63) is 65.2 Å². The summed E-state index contributed by atoms with van der Waals surface area (Å²) in [5.74, 6) is -6.05. The van der Waals surface area contributed by atoms with Gasteiger partial charge in [0.05, 0.1) is 22.4 Å². The molecular formula is C17H11F2NO6S. The maximum absolute atomic E-state index is 12.5. The largest absolute Gasteiger partial charge is 0.341 e. The molecule has 2 aromatic carbocycles. The summed E-state index contributed by atoms with van der Waals surface area (Å²) in [6.45, 7) is 0. The molecule has 0 N–H and O–H groups in total. The number of hydrogen-bond donors (Lipinski definition) is 0. The zero-order valence-electron chi connectivity index (χ0n) is 13.5. The number of nitrogens with zero attached hydrogens (tertiary/aromatic N) is 1. The molecule has 0 saturated carbocycles. The van der Waals surface area contributed by atoms with Crippen molar-refractivity contribution in [1.82, 2.24) is 5.06 Å². The van der Waals surface area contributed by atoms with Crippen LogP contribution in [-0.2, 0) is 25.9 Å². The lowest BCUT2D eigenvalue weighted by Crippen LogP contribution is -2.33. The molecule has 0 atom stereocenters. The third-order valence-electron chi connectivity index (χ3n) is 3.78. The van der Waals surface area contributed by atoms with Gasteiger partial charge in [0.2, 0.25) is 9.84 Å². The maximum Gasteiger partial charge on any atom is 0.341 e. The summed E-state index contributed by atoms with van der Waals surface area (Å²) in [6, 6.07) is 10.2. The van der Waals surface area contributed by atoms with Crippen molar-refractivity contribution < 1.29 is 36.4 Å². The Bertz CT molecular complexity index is 999. The second-order valence-electron chi connectivity index (χ2n) is 5.54. The number of amides is 2. The van der Waals surface area contributed by atoms with E-state index in [9.17, 15) is 31.6 Å². The molecule has 0 fully saturated rings. The third kappa shape index (κ3) is 3.43. The highest BCUT2D eigenvalue weighted by molar-refractivity contribution is 7.91. The molecule has 0 aliphatic carbocycles. The highest BCUT2D eigenvalue weighted by Gasteiger charge is 2.38. The number of alkyl halides is 2. The maximum atomic E-state index is 12.5. The number of rotatable bonds is 5. The summed E-state index contributed by atoms with van der Waals surface area (Å²) in [6.07, 6.45) is -0.400. The Kier molecular flexibility index (Phi) is 4.75. The van der Waals surface area contributed by atoms with Gasteiger partial charge in [0.25, 0.3) is 11.8 Å². The van der Waals surface area contributed by atoms with Gasteiger partial charge in [0, 0.05) is 0 Å². The first-order valence-corrected chi connectivity index (χ1v) is 9.06. The minimum Gasteiger partial charge on any atom is -0.329 e. The zero-order chi connectivity index (χ0) is 19.8. The molecule has 0 saturated heterocycles. The number of benzene rings is 2. The lowest BCUT2D eigenvalue weighted by molar-refractivity contribution is -0.167. The van der Waals surface area contributed by atoms with E-state index in [0.717, 1.165) is 12.1 Å². The van der Waals surface area contributed by atoms with E-state index in [1.807, 2.05) is 0 Å². The van der Waals surface area contributed by atoms with Crippen LogP contribution in [0.2, 0.25) is 0 Å². The topological polar surface area (TPSA) is 97.8 Å². The number of hydrogen-bond acceptors (Lipinski definition) is 6. The molecule has 140 valence electrons. The van der Waals surface area contributed by atoms with Gasteiger partial charge in [0.15, 0.2) is 0 Å². The van der Waals surface area contributed by atoms with Gasteiger partial charge in [0.1, 0.15) is 0 Å². The first-order chi connectivity index (χ1) is 12.7. The molecule has 1 aliphatic heterocycles. The molecule has 10 heteroatoms. The van der Waals surface area contributed by atoms with Crippen LogP contribution in [0.1, 0.15) is 26.3 Å². The number of fused-ring (bicyclic) bond motifs is 1. The van der Waals surface area contributed by atoms with E-state index in [-0.39, 0.29) is 16.7 Å². The van der Waals surface area contributed by atoms with Crippen LogP contribution >= 0.6 is 0 Å². The van der Waals surface area contributed by atoms with Crippen LogP contribution in [0, 0.1) is 0 Å². The van der Waals surface area contributed by atoms with Crippen molar-refractivity contribution >= 4 is 27.6 Å². The lowest BCUT2D eigenvalue weighted by Gasteiger charge is -2.12. The van der Waals surface area contributed by atoms with Gasteiger partial charge in [-0.3, -0.25) is 9.59 Å². The van der Waals surface area contributed by atoms with Gasteiger partial charge in [-0.25, -0.2) is 13.2 Å². The molecule has 27 heavy (non-hydrogen) atoms. The fourth-order valence-corrected chi connectivity index (χ4v) is 3.17. The van der Waals surface area contributed by atoms with Crippen LogP contribution in [0.5, 0.6) is 0 Å². The SMILES string of the molecule is O=C(Cc1ccc(S(=O)(=O)C(F)F)cc1)ON1C(=O)c2ccccc2C1=O. The van der Waals surface area contributed by atoms with Crippen molar-refractivity contribution in [2.45, 2.75) is 17.1 Å². The Morgan fingerprint density at radius 1 is 0.963 bits per heavy atom. The summed E-state index contributed by atoms with van der Waals surface area (Å²) in [4.78, 5) is 40.4. The minimum atomic E-state index is -4.73. The molecule has 0 spiro atoms. The van der Waals surface area contributed by atoms with Gasteiger partial charge in [-0.1, -0.05) is 29.3 Å². The van der Waals surface area contributed by atoms with Gasteiger partial charge >= 0.3 is 11.7 Å². The van der Waals surface area contributed by atoms with Crippen molar-refractivity contribution in [2.24, 2.45) is 0 Å². The highest BCUT2D eigenvalue weighted by Crippen LogP contribution is 2.23. The Morgan fingerprint density at radius 3 is 1.96 bits per heavy atom. The van der Waals surface area contributed by atoms with Crippen molar-refractivity contribution in [1.29, 1.82) is 0 Å². The second-order valence-corrected chi connectivity index (χ2v) is 7.46. The average molecular weight is 395 g/mol. The van der Waals surface area contributed by atoms with E-state index in [2.05, 4.69) is 0 Å². The molecule has 7 nitrogen and oxygen atoms in total. The summed E-state index contributed by atoms with van der Waals surface area (Å²) in [7, 11) is -4.73. The number of imide groups is 1. The van der Waals surface area contributed by atoms with Crippen LogP contribution in [0.25, 0.3) is 0 Å². The van der Waals surface area contributed by atoms with E-state index >= 15 is 0 Å². The fraction of sp³-hybridized carbons (Fsp3) is 0.118. The standard InChI is InChI=1S/C17H11F2NO6S/c18-17(19)27(24,25)11-7-5-10(6-8-11)9-14(21)26-20-15(22)12-3-1-2-4-13(12)16(20)23/h1-8,17H,9H2. The normalized spacial score (nSPS) is 13.8. The minimum absolute atomic E-state index is 0.108. The van der Waals surface area contributed by atoms with E-state index in [1.54, 1.807) is 12.1 Å². The fourth-order valence-electron chi connectivity index (χ4n) is 2.45. The molecule has 0 radical (unpaired) electrons. The van der Waals surface area contributed by atoms with E-state index in [0.29, 0.717) is 5.06 Å². The van der Waals surface area contributed by atoms with E-state index in [4.69, 9.17) is 4.84 Å². The first kappa shape index (κ1) is 18.6. The Hall–Kier alpha value is -3.14. The van der Waals surface area contributed by atoms with E-state index < -0.39 is 44.7 Å². The number of halogens is 2. The van der Waals surface area contributed by atoms with Gasteiger partial charge in [-0.15, -0.1) is 0 Å². The molecule has 3 rings (SSSR count). The molecule has 0 aromatic heterocycles. The predicted molar refractivity (Wildman–Crippen MR) is 86.4 cm³/mol. The Balaban J connectivity index is 1.69. The summed E-state index contributed by atoms with van der Waals surface area (Å²) in [5.41, 5.74) is 0.471. The summed E-state index contributed by atoms with van der Waals surface area (Å²) < 4.78 is 47.7. The Labute approximate surface area is 152 Å². The lowest BCUT2D eigenvalue weighted by atomic mass is 10.1. The summed E-state index contributed by atoms with van der Waals surface area (Å²) in [5, 5.41) is 0.350. The number of carbonyl (C=O) groups is 3. The monoisotopic (exact) mass is 395 g/mol. The van der Waals surface area contributed by atoms with Crippen molar-refractivity contribution in [3.8, 4) is 0 Å². The highest BCUT2D eigenvalue weighted by atomic mass is 32.2. The van der Waals surface area contributed by atoms with Crippen LogP contribution in [0.3, 0.4) is 0 Å². The third-order valence-corrected chi connectivity index (χ3v) is 5.18. The second kappa shape index (κ2) is 6.88. The van der Waals surface area contributed by atoms with Gasteiger partial charge in [-0.05, 0) is 29.8 Å². The quantitative estimate of drug-likeness (QED) is 0.718. The predicted octanol–water partition coefficient (Wildman–Crippen LogP) is 1.98. The molecule has 0 unspecified atom stereocenters. The van der Waals surface area contributed by atoms with Crippen molar-refractivity contribution in [2.75, 3.05) is 0 Å². The molecule has 1 heterocycles. The van der Waals surface area contributed by atoms with Crippen LogP contribution in [0.15, 0.2) is 53.4 Å². The van der Waals surface area contributed by atoms with Gasteiger partial charge < -0.3 is 4.84 Å². The van der Waals surface area contributed by atoms with E-state index in [1.165, 1.54) is 24.3 Å². The van der Waals surface area contributed by atoms with Crippen LogP contribution in [-0.4, -0.2) is 37.0 Å². The number of sulfone groups is 1. The number of carbonyl (C=O) groups excluding carboxylic acids is 3. The van der Waals surface area contributed by atoms with Gasteiger partial charge in [-0.2, -0.15) is 8.78 Å². The smallest absolute Gasteiger partial charge is 0.329 e. The molecule has 2 amide bonds. The number of hydroxylamine groups is 2. The van der Waals surface area contributed by atoms with Crippen LogP contribution in [0.4, 0.5) is 8.78 Å². The van der Waals surface area contributed by atoms with Crippen LogP contribution < -0.4 is 0 Å². The molecule has 0 bridgehead atoms. The zero-order valence-corrected chi connectivity index (χ0v) is 14.3. The molecule has 1 aliphatic rings. The first-order valence-electron chi connectivity index (χ1n) is 7.51.